The summed E-state index contributed by atoms with van der Waals surface area (Å²) in [5, 5.41) is 20.8. The summed E-state index contributed by atoms with van der Waals surface area (Å²) in [6, 6.07) is 0. The van der Waals surface area contributed by atoms with Crippen molar-refractivity contribution < 1.29 is 75.8 Å². The maximum atomic E-state index is 13.1. The van der Waals surface area contributed by atoms with E-state index in [4.69, 9.17) is 32.3 Å². The second-order valence-corrected chi connectivity index (χ2v) is 35.8. The van der Waals surface area contributed by atoms with E-state index in [1.54, 1.807) is 0 Å². The van der Waals surface area contributed by atoms with Crippen LogP contribution < -0.4 is 0 Å². The van der Waals surface area contributed by atoms with Crippen LogP contribution in [-0.4, -0.2) is 95.9 Å². The molecule has 121 heavy (non-hydrogen) atoms. The van der Waals surface area contributed by atoms with E-state index in [0.717, 1.165) is 148 Å². The van der Waals surface area contributed by atoms with Gasteiger partial charge in [0, 0.05) is 19.3 Å². The molecule has 4 N–H and O–H groups in total. The van der Waals surface area contributed by atoms with Crippen LogP contribution in [0.5, 0.6) is 0 Å². The van der Waals surface area contributed by atoms with E-state index < -0.39 is 91.5 Å². The molecule has 0 bridgehead atoms. The molecule has 5 atom stereocenters. The molecule has 18 heteroatoms. The molecular weight excluding hydrogens is 1560 g/mol. The van der Waals surface area contributed by atoms with Crippen LogP contribution in [0.3, 0.4) is 0 Å². The first-order valence-corrected chi connectivity index (χ1v) is 52.1. The van der Waals surface area contributed by atoms with Crippen molar-refractivity contribution in [3.63, 3.8) is 0 Å². The van der Waals surface area contributed by atoms with Crippen molar-refractivity contribution in [3.8, 4) is 0 Å². The molecular formula is C103H180O16P2. The lowest BCUT2D eigenvalue weighted by Crippen LogP contribution is -2.30. The SMILES string of the molecule is CCCCC/C=C\C/C=C\C/C=C\C/C=C\CCCCCCCCCCCCCCCCCCCCCC(=O)OCC(O)COP(=O)(O)OCC(O)COP(=O)(O)OCC(COC(=O)CCCCCCCCCCCCCCC/C=C\C/C=C\C/C=C\C/C=C\CCCCC)OC(=O)CCCCCCC/C=C\C/C=C\C/C=C\C/C=C\CCCCC. The Morgan fingerprint density at radius 2 is 0.413 bits per heavy atom. The molecule has 0 aromatic heterocycles. The first-order valence-electron chi connectivity index (χ1n) is 49.1. The molecule has 0 spiro atoms. The van der Waals surface area contributed by atoms with Crippen molar-refractivity contribution in [2.24, 2.45) is 0 Å². The molecule has 0 aromatic carbocycles. The summed E-state index contributed by atoms with van der Waals surface area (Å²) in [6.45, 7) is 2.64. The smallest absolute Gasteiger partial charge is 0.463 e. The third-order valence-electron chi connectivity index (χ3n) is 21.0. The number of aliphatic hydroxyl groups is 2. The van der Waals surface area contributed by atoms with Crippen LogP contribution in [0.1, 0.15) is 432 Å². The van der Waals surface area contributed by atoms with Gasteiger partial charge in [-0.1, -0.05) is 404 Å². The second-order valence-electron chi connectivity index (χ2n) is 32.9. The van der Waals surface area contributed by atoms with Gasteiger partial charge in [0.1, 0.15) is 25.4 Å². The summed E-state index contributed by atoms with van der Waals surface area (Å²) in [5.41, 5.74) is 0. The average Bonchev–Trinajstić information content (AvgIpc) is 0.879. The van der Waals surface area contributed by atoms with Crippen molar-refractivity contribution in [1.82, 2.24) is 0 Å². The quantitative estimate of drug-likeness (QED) is 0.0146. The zero-order valence-corrected chi connectivity index (χ0v) is 79.0. The number of unbranched alkanes of at least 4 members (excludes halogenated alkanes) is 46. The van der Waals surface area contributed by atoms with E-state index in [0.29, 0.717) is 19.3 Å². The predicted molar refractivity (Wildman–Crippen MR) is 509 cm³/mol. The Labute approximate surface area is 740 Å². The van der Waals surface area contributed by atoms with Crippen molar-refractivity contribution in [2.45, 2.75) is 450 Å². The number of aliphatic hydroxyl groups excluding tert-OH is 2. The van der Waals surface area contributed by atoms with Gasteiger partial charge in [-0.25, -0.2) is 9.13 Å². The molecule has 0 aromatic rings. The van der Waals surface area contributed by atoms with Crippen LogP contribution in [-0.2, 0) is 55.8 Å². The van der Waals surface area contributed by atoms with Gasteiger partial charge in [-0.3, -0.25) is 32.5 Å². The third-order valence-corrected chi connectivity index (χ3v) is 22.9. The molecule has 0 aliphatic carbocycles. The molecule has 0 saturated carbocycles. The average molecular weight is 1740 g/mol. The Morgan fingerprint density at radius 1 is 0.231 bits per heavy atom. The van der Waals surface area contributed by atoms with Gasteiger partial charge in [-0.15, -0.1) is 0 Å². The zero-order valence-electron chi connectivity index (χ0n) is 77.2. The highest BCUT2D eigenvalue weighted by Crippen LogP contribution is 2.45. The molecule has 5 unspecified atom stereocenters. The summed E-state index contributed by atoms with van der Waals surface area (Å²) >= 11 is 0. The Morgan fingerprint density at radius 3 is 0.653 bits per heavy atom. The van der Waals surface area contributed by atoms with Crippen molar-refractivity contribution in [3.05, 3.63) is 146 Å². The van der Waals surface area contributed by atoms with Crippen molar-refractivity contribution in [1.29, 1.82) is 0 Å². The van der Waals surface area contributed by atoms with Crippen LogP contribution >= 0.6 is 15.6 Å². The number of allylic oxidation sites excluding steroid dienone is 24. The number of carbonyl (C=O) groups excluding carboxylic acids is 3. The summed E-state index contributed by atoms with van der Waals surface area (Å²) in [5.74, 6) is -1.58. The molecule has 0 amide bonds. The Hall–Kier alpha value is -4.57. The molecule has 0 aliphatic rings. The summed E-state index contributed by atoms with van der Waals surface area (Å²) in [4.78, 5) is 59.1. The second kappa shape index (κ2) is 94.6. The number of hydrogen-bond donors (Lipinski definition) is 4. The maximum Gasteiger partial charge on any atom is 0.472 e. The van der Waals surface area contributed by atoms with Gasteiger partial charge in [-0.2, -0.15) is 0 Å². The van der Waals surface area contributed by atoms with Crippen LogP contribution in [0.4, 0.5) is 0 Å². The molecule has 0 rings (SSSR count). The van der Waals surface area contributed by atoms with E-state index in [1.807, 2.05) is 0 Å². The number of phosphoric ester groups is 2. The highest BCUT2D eigenvalue weighted by Gasteiger charge is 2.30. The standard InChI is InChI=1S/C103H180O16P2/c1-4-7-10-13-16-19-22-25-28-31-34-37-39-41-43-45-46-47-48-49-50-52-54-55-57-60-62-65-68-71-74-77-80-83-86-89-101(106)113-92-98(104)93-115-120(109,110)116-94-99(105)95-117-121(111,112)118-97-100(119-103(108)91-88-85-82-79-76-73-70-67-64-59-36-33-30-27-24-21-18-15-12-9-6-3)96-114-102(107)90-87-84-81-78-75-72-69-66-63-61-58-56-53-51-44-42-40-38-35-32-29-26-23-20-17-14-11-8-5-2/h16-21,25-30,34-38,41-44,59,67,70,98-100,104-105H,4-15,22-24,31-33,39-40,45-58,60-66,68-69,71-97H2,1-3H3,(H,109,110)(H,111,112)/b19-16-,20-17-,21-18-,28-25-,29-26-,30-27-,37-34-,38-35-,43-41-,44-42-,59-36-,70-67-. The molecule has 0 fully saturated rings. The molecule has 0 saturated heterocycles. The van der Waals surface area contributed by atoms with E-state index in [1.165, 1.54) is 225 Å². The Kier molecular flexibility index (Phi) is 91.0. The van der Waals surface area contributed by atoms with Gasteiger partial charge in [0.05, 0.1) is 26.4 Å². The van der Waals surface area contributed by atoms with E-state index >= 15 is 0 Å². The Bertz CT molecular complexity index is 2780. The highest BCUT2D eigenvalue weighted by molar-refractivity contribution is 7.47. The number of ether oxygens (including phenoxy) is 3. The predicted octanol–water partition coefficient (Wildman–Crippen LogP) is 30.7. The number of esters is 3. The summed E-state index contributed by atoms with van der Waals surface area (Å²) in [6.07, 6.45) is 120. The summed E-state index contributed by atoms with van der Waals surface area (Å²) < 4.78 is 61.6. The van der Waals surface area contributed by atoms with E-state index in [-0.39, 0.29) is 19.3 Å². The molecule has 0 heterocycles. The number of rotatable bonds is 93. The maximum absolute atomic E-state index is 13.1. The minimum atomic E-state index is -4.95. The lowest BCUT2D eigenvalue weighted by Gasteiger charge is -2.21. The van der Waals surface area contributed by atoms with Crippen molar-refractivity contribution in [2.75, 3.05) is 39.6 Å². The third kappa shape index (κ3) is 95.9. The van der Waals surface area contributed by atoms with Gasteiger partial charge in [-0.05, 0) is 154 Å². The van der Waals surface area contributed by atoms with Crippen LogP contribution in [0.15, 0.2) is 146 Å². The molecule has 16 nitrogen and oxygen atoms in total. The fourth-order valence-electron chi connectivity index (χ4n) is 13.5. The Balaban J connectivity index is 4.53. The van der Waals surface area contributed by atoms with Gasteiger partial charge < -0.3 is 34.2 Å². The number of phosphoric acid groups is 2. The van der Waals surface area contributed by atoms with Gasteiger partial charge in [0.2, 0.25) is 0 Å². The van der Waals surface area contributed by atoms with Gasteiger partial charge in [0.15, 0.2) is 6.10 Å². The fourth-order valence-corrected chi connectivity index (χ4v) is 15.1. The lowest BCUT2D eigenvalue weighted by molar-refractivity contribution is -0.161. The van der Waals surface area contributed by atoms with Gasteiger partial charge >= 0.3 is 33.6 Å². The minimum Gasteiger partial charge on any atom is -0.463 e. The normalized spacial score (nSPS) is 14.3. The number of hydrogen-bond acceptors (Lipinski definition) is 14. The van der Waals surface area contributed by atoms with Crippen molar-refractivity contribution >= 4 is 33.6 Å². The minimum absolute atomic E-state index is 0.0815. The monoisotopic (exact) mass is 1740 g/mol. The highest BCUT2D eigenvalue weighted by atomic mass is 31.2. The van der Waals surface area contributed by atoms with Gasteiger partial charge in [0.25, 0.3) is 0 Å². The van der Waals surface area contributed by atoms with E-state index in [2.05, 4.69) is 167 Å². The molecule has 698 valence electrons. The topological polar surface area (TPSA) is 231 Å². The zero-order chi connectivity index (χ0) is 87.9. The number of carbonyl (C=O) groups is 3. The van der Waals surface area contributed by atoms with E-state index in [9.17, 15) is 43.5 Å². The van der Waals surface area contributed by atoms with Crippen LogP contribution in [0.25, 0.3) is 0 Å². The first kappa shape index (κ1) is 116. The molecule has 0 aliphatic heterocycles. The molecule has 0 radical (unpaired) electrons. The largest absolute Gasteiger partial charge is 0.472 e. The summed E-state index contributed by atoms with van der Waals surface area (Å²) in [7, 11) is -9.82. The lowest BCUT2D eigenvalue weighted by atomic mass is 10.0. The first-order chi connectivity index (χ1) is 59.2. The fraction of sp³-hybridized carbons (Fsp3) is 0.738. The van der Waals surface area contributed by atoms with Crippen LogP contribution in [0, 0.1) is 0 Å². The van der Waals surface area contributed by atoms with Crippen LogP contribution in [0.2, 0.25) is 0 Å².